The molecule has 0 aromatic heterocycles. The molecule has 0 unspecified atom stereocenters. The molecule has 0 atom stereocenters. The van der Waals surface area contributed by atoms with Gasteiger partial charge in [0.1, 0.15) is 0 Å². The van der Waals surface area contributed by atoms with Crippen molar-refractivity contribution < 1.29 is 4.84 Å². The van der Waals surface area contributed by atoms with E-state index in [1.165, 1.54) is 19.3 Å². The van der Waals surface area contributed by atoms with Gasteiger partial charge in [0, 0.05) is 7.05 Å². The Balaban J connectivity index is 1.98. The summed E-state index contributed by atoms with van der Waals surface area (Å²) in [6.07, 6.45) is 4.30. The molecule has 2 nitrogen and oxygen atoms in total. The lowest BCUT2D eigenvalue weighted by Crippen LogP contribution is -2.34. The molecule has 0 bridgehead atoms. The Hall–Kier alpha value is -0.0800. The van der Waals surface area contributed by atoms with Gasteiger partial charge in [0.05, 0.1) is 6.10 Å². The van der Waals surface area contributed by atoms with Crippen LogP contribution in [0.15, 0.2) is 0 Å². The van der Waals surface area contributed by atoms with Crippen LogP contribution < -0.4 is 5.48 Å². The number of hydrogen-bond acceptors (Lipinski definition) is 2. The zero-order valence-corrected chi connectivity index (χ0v) is 6.18. The smallest absolute Gasteiger partial charge is 0.0795 e. The molecular weight excluding hydrogens is 114 g/mol. The SMILES string of the molecule is CCC1CC(ONC)C1. The molecule has 0 saturated heterocycles. The largest absolute Gasteiger partial charge is 0.299 e. The molecule has 1 fully saturated rings. The van der Waals surface area contributed by atoms with Gasteiger partial charge in [0.15, 0.2) is 0 Å². The molecular formula is C7H15NO. The molecule has 1 rings (SSSR count). The van der Waals surface area contributed by atoms with E-state index in [4.69, 9.17) is 4.84 Å². The van der Waals surface area contributed by atoms with Crippen molar-refractivity contribution in [2.24, 2.45) is 5.92 Å². The Labute approximate surface area is 56.5 Å². The maximum absolute atomic E-state index is 5.16. The van der Waals surface area contributed by atoms with Crippen molar-refractivity contribution in [3.63, 3.8) is 0 Å². The molecule has 0 aromatic carbocycles. The van der Waals surface area contributed by atoms with E-state index >= 15 is 0 Å². The molecule has 0 spiro atoms. The lowest BCUT2D eigenvalue weighted by Gasteiger charge is -2.33. The zero-order chi connectivity index (χ0) is 6.69. The van der Waals surface area contributed by atoms with Gasteiger partial charge >= 0.3 is 0 Å². The predicted octanol–water partition coefficient (Wildman–Crippen LogP) is 1.33. The average molecular weight is 129 g/mol. The van der Waals surface area contributed by atoms with Crippen molar-refractivity contribution in [2.45, 2.75) is 32.3 Å². The van der Waals surface area contributed by atoms with E-state index in [-0.39, 0.29) is 0 Å². The fourth-order valence-corrected chi connectivity index (χ4v) is 1.27. The Morgan fingerprint density at radius 1 is 1.56 bits per heavy atom. The minimum Gasteiger partial charge on any atom is -0.299 e. The third-order valence-electron chi connectivity index (χ3n) is 2.05. The van der Waals surface area contributed by atoms with Crippen LogP contribution in [0.3, 0.4) is 0 Å². The van der Waals surface area contributed by atoms with E-state index in [0.29, 0.717) is 6.10 Å². The molecule has 0 aliphatic heterocycles. The third-order valence-corrected chi connectivity index (χ3v) is 2.05. The van der Waals surface area contributed by atoms with Crippen molar-refractivity contribution in [1.82, 2.24) is 5.48 Å². The van der Waals surface area contributed by atoms with Crippen LogP contribution in [0.25, 0.3) is 0 Å². The zero-order valence-electron chi connectivity index (χ0n) is 6.18. The van der Waals surface area contributed by atoms with Crippen LogP contribution in [0.2, 0.25) is 0 Å². The molecule has 1 N–H and O–H groups in total. The van der Waals surface area contributed by atoms with Crippen molar-refractivity contribution in [1.29, 1.82) is 0 Å². The highest BCUT2D eigenvalue weighted by Gasteiger charge is 2.27. The van der Waals surface area contributed by atoms with Crippen LogP contribution in [-0.4, -0.2) is 13.2 Å². The molecule has 0 aromatic rings. The molecule has 2 heteroatoms. The highest BCUT2D eigenvalue weighted by atomic mass is 16.7. The third kappa shape index (κ3) is 1.66. The van der Waals surface area contributed by atoms with E-state index in [1.54, 1.807) is 0 Å². The van der Waals surface area contributed by atoms with Crippen LogP contribution >= 0.6 is 0 Å². The fraction of sp³-hybridized carbons (Fsp3) is 1.00. The molecule has 9 heavy (non-hydrogen) atoms. The van der Waals surface area contributed by atoms with Gasteiger partial charge in [-0.1, -0.05) is 13.3 Å². The van der Waals surface area contributed by atoms with E-state index in [2.05, 4.69) is 12.4 Å². The molecule has 1 aliphatic carbocycles. The van der Waals surface area contributed by atoms with E-state index < -0.39 is 0 Å². The summed E-state index contributed by atoms with van der Waals surface area (Å²) in [4.78, 5) is 5.16. The molecule has 0 radical (unpaired) electrons. The van der Waals surface area contributed by atoms with Gasteiger partial charge in [0.2, 0.25) is 0 Å². The lowest BCUT2D eigenvalue weighted by atomic mass is 9.81. The van der Waals surface area contributed by atoms with Crippen molar-refractivity contribution >= 4 is 0 Å². The number of rotatable bonds is 3. The number of hydrogen-bond donors (Lipinski definition) is 1. The van der Waals surface area contributed by atoms with E-state index in [1.807, 2.05) is 7.05 Å². The second-order valence-electron chi connectivity index (χ2n) is 2.69. The van der Waals surface area contributed by atoms with E-state index in [0.717, 1.165) is 5.92 Å². The van der Waals surface area contributed by atoms with Crippen LogP contribution in [-0.2, 0) is 4.84 Å². The summed E-state index contributed by atoms with van der Waals surface area (Å²) >= 11 is 0. The molecule has 1 aliphatic rings. The van der Waals surface area contributed by atoms with Crippen molar-refractivity contribution in [3.8, 4) is 0 Å². The van der Waals surface area contributed by atoms with Gasteiger partial charge < -0.3 is 0 Å². The van der Waals surface area contributed by atoms with E-state index in [9.17, 15) is 0 Å². The van der Waals surface area contributed by atoms with Crippen molar-refractivity contribution in [3.05, 3.63) is 0 Å². The lowest BCUT2D eigenvalue weighted by molar-refractivity contribution is -0.0782. The number of nitrogens with one attached hydrogen (secondary N) is 1. The normalized spacial score (nSPS) is 34.0. The standard InChI is InChI=1S/C7H15NO/c1-3-6-4-7(5-6)9-8-2/h6-8H,3-5H2,1-2H3. The molecule has 1 saturated carbocycles. The van der Waals surface area contributed by atoms with Gasteiger partial charge in [-0.2, -0.15) is 0 Å². The van der Waals surface area contributed by atoms with Gasteiger partial charge in [-0.15, -0.1) is 0 Å². The summed E-state index contributed by atoms with van der Waals surface area (Å²) in [5.41, 5.74) is 2.71. The molecule has 54 valence electrons. The van der Waals surface area contributed by atoms with Gasteiger partial charge in [0.25, 0.3) is 0 Å². The molecule has 0 heterocycles. The summed E-state index contributed by atoms with van der Waals surface area (Å²) in [6.45, 7) is 2.24. The summed E-state index contributed by atoms with van der Waals surface area (Å²) in [5.74, 6) is 0.934. The highest BCUT2D eigenvalue weighted by molar-refractivity contribution is 4.78. The predicted molar refractivity (Wildman–Crippen MR) is 36.9 cm³/mol. The summed E-state index contributed by atoms with van der Waals surface area (Å²) in [6, 6.07) is 0. The summed E-state index contributed by atoms with van der Waals surface area (Å²) in [5, 5.41) is 0. The summed E-state index contributed by atoms with van der Waals surface area (Å²) < 4.78 is 0. The van der Waals surface area contributed by atoms with Gasteiger partial charge in [-0.05, 0) is 18.8 Å². The maximum Gasteiger partial charge on any atom is 0.0795 e. The van der Waals surface area contributed by atoms with Crippen LogP contribution in [0, 0.1) is 5.92 Å². The monoisotopic (exact) mass is 129 g/mol. The van der Waals surface area contributed by atoms with Crippen molar-refractivity contribution in [2.75, 3.05) is 7.05 Å². The first-order valence-corrected chi connectivity index (χ1v) is 3.69. The minimum absolute atomic E-state index is 0.500. The molecule has 0 amide bonds. The van der Waals surface area contributed by atoms with Crippen LogP contribution in [0.5, 0.6) is 0 Å². The highest BCUT2D eigenvalue weighted by Crippen LogP contribution is 2.31. The van der Waals surface area contributed by atoms with Crippen LogP contribution in [0.4, 0.5) is 0 Å². The Bertz CT molecular complexity index is 79.0. The first-order chi connectivity index (χ1) is 4.36. The fourth-order valence-electron chi connectivity index (χ4n) is 1.27. The minimum atomic E-state index is 0.500. The Morgan fingerprint density at radius 3 is 2.67 bits per heavy atom. The quantitative estimate of drug-likeness (QED) is 0.580. The Kier molecular flexibility index (Phi) is 2.49. The van der Waals surface area contributed by atoms with Crippen LogP contribution in [0.1, 0.15) is 26.2 Å². The summed E-state index contributed by atoms with van der Waals surface area (Å²) in [7, 11) is 1.82. The van der Waals surface area contributed by atoms with Gasteiger partial charge in [-0.25, -0.2) is 5.48 Å². The maximum atomic E-state index is 5.16. The second kappa shape index (κ2) is 3.18. The average Bonchev–Trinajstić information content (AvgIpc) is 1.77. The first kappa shape index (κ1) is 7.03. The Morgan fingerprint density at radius 2 is 2.22 bits per heavy atom. The van der Waals surface area contributed by atoms with Gasteiger partial charge in [-0.3, -0.25) is 4.84 Å². The first-order valence-electron chi connectivity index (χ1n) is 3.69. The second-order valence-corrected chi connectivity index (χ2v) is 2.69. The number of hydroxylamine groups is 1. The topological polar surface area (TPSA) is 21.3 Å².